The Bertz CT molecular complexity index is 1440. The summed E-state index contributed by atoms with van der Waals surface area (Å²) in [6, 6.07) is 19.7. The van der Waals surface area contributed by atoms with Crippen LogP contribution in [0.4, 0.5) is 5.69 Å². The smallest absolute Gasteiger partial charge is 0.264 e. The molecule has 0 saturated carbocycles. The molecule has 1 heterocycles. The van der Waals surface area contributed by atoms with E-state index in [4.69, 9.17) is 9.47 Å². The molecule has 0 saturated heterocycles. The fraction of sp³-hybridized carbons (Fsp3) is 0.355. The lowest BCUT2D eigenvalue weighted by molar-refractivity contribution is -0.140. The minimum Gasteiger partial charge on any atom is -0.486 e. The number of fused-ring (bicyclic) bond motifs is 1. The number of hydrogen-bond donors (Lipinski definition) is 1. The zero-order chi connectivity index (χ0) is 29.4. The number of carbonyl (C=O) groups is 2. The lowest BCUT2D eigenvalue weighted by Gasteiger charge is -2.33. The summed E-state index contributed by atoms with van der Waals surface area (Å²) in [6.45, 7) is 6.60. The molecule has 9 nitrogen and oxygen atoms in total. The van der Waals surface area contributed by atoms with Crippen LogP contribution in [0.25, 0.3) is 0 Å². The zero-order valence-electron chi connectivity index (χ0n) is 23.7. The van der Waals surface area contributed by atoms with Gasteiger partial charge < -0.3 is 19.7 Å². The molecule has 0 spiro atoms. The molecule has 0 fully saturated rings. The van der Waals surface area contributed by atoms with Crippen molar-refractivity contribution < 1.29 is 27.5 Å². The quantitative estimate of drug-likeness (QED) is 0.343. The average molecular weight is 580 g/mol. The summed E-state index contributed by atoms with van der Waals surface area (Å²) in [6.07, 6.45) is 1.11. The van der Waals surface area contributed by atoms with Crippen molar-refractivity contribution in [2.75, 3.05) is 30.6 Å². The van der Waals surface area contributed by atoms with E-state index < -0.39 is 28.5 Å². The van der Waals surface area contributed by atoms with Crippen molar-refractivity contribution in [1.82, 2.24) is 10.2 Å². The van der Waals surface area contributed by atoms with Gasteiger partial charge in [0.15, 0.2) is 11.5 Å². The number of hydrogen-bond acceptors (Lipinski definition) is 6. The Hall–Kier alpha value is -4.05. The molecule has 0 unspecified atom stereocenters. The number of amides is 2. The Morgan fingerprint density at radius 2 is 1.61 bits per heavy atom. The molecule has 0 aromatic heterocycles. The number of anilines is 1. The van der Waals surface area contributed by atoms with E-state index in [1.165, 1.54) is 17.0 Å². The van der Waals surface area contributed by atoms with E-state index in [0.717, 1.165) is 21.9 Å². The maximum absolute atomic E-state index is 14.1. The van der Waals surface area contributed by atoms with Gasteiger partial charge in [0.25, 0.3) is 10.0 Å². The first-order chi connectivity index (χ1) is 19.7. The van der Waals surface area contributed by atoms with Crippen LogP contribution in [0.2, 0.25) is 0 Å². The van der Waals surface area contributed by atoms with E-state index in [2.05, 4.69) is 5.32 Å². The summed E-state index contributed by atoms with van der Waals surface area (Å²) >= 11 is 0. The van der Waals surface area contributed by atoms with Gasteiger partial charge in [0.2, 0.25) is 11.8 Å². The van der Waals surface area contributed by atoms with E-state index in [1.807, 2.05) is 45.0 Å². The first kappa shape index (κ1) is 29.9. The highest BCUT2D eigenvalue weighted by Gasteiger charge is 2.34. The Kier molecular flexibility index (Phi) is 9.88. The van der Waals surface area contributed by atoms with Crippen molar-refractivity contribution in [3.05, 3.63) is 83.9 Å². The van der Waals surface area contributed by atoms with Gasteiger partial charge in [-0.3, -0.25) is 13.9 Å². The van der Waals surface area contributed by atoms with Gasteiger partial charge in [-0.15, -0.1) is 0 Å². The molecule has 1 aliphatic heterocycles. The van der Waals surface area contributed by atoms with Gasteiger partial charge in [0.05, 0.1) is 10.6 Å². The van der Waals surface area contributed by atoms with Crippen LogP contribution in [0.5, 0.6) is 11.5 Å². The molecule has 41 heavy (non-hydrogen) atoms. The monoisotopic (exact) mass is 579 g/mol. The molecule has 3 aromatic carbocycles. The van der Waals surface area contributed by atoms with Crippen molar-refractivity contribution in [3.63, 3.8) is 0 Å². The second-order valence-corrected chi connectivity index (χ2v) is 11.7. The second-order valence-electron chi connectivity index (χ2n) is 9.88. The molecule has 1 N–H and O–H groups in total. The number of aryl methyl sites for hydroxylation is 1. The van der Waals surface area contributed by atoms with Crippen molar-refractivity contribution >= 4 is 27.5 Å². The Morgan fingerprint density at radius 3 is 2.27 bits per heavy atom. The van der Waals surface area contributed by atoms with E-state index in [0.29, 0.717) is 37.7 Å². The predicted octanol–water partition coefficient (Wildman–Crippen LogP) is 4.30. The van der Waals surface area contributed by atoms with Gasteiger partial charge in [0, 0.05) is 19.2 Å². The van der Waals surface area contributed by atoms with E-state index >= 15 is 0 Å². The molecule has 218 valence electrons. The first-order valence-electron chi connectivity index (χ1n) is 13.8. The van der Waals surface area contributed by atoms with Gasteiger partial charge in [-0.05, 0) is 49.6 Å². The fourth-order valence-corrected chi connectivity index (χ4v) is 6.04. The molecule has 10 heteroatoms. The maximum atomic E-state index is 14.1. The van der Waals surface area contributed by atoms with Crippen molar-refractivity contribution in [3.8, 4) is 11.5 Å². The van der Waals surface area contributed by atoms with Crippen LogP contribution in [-0.2, 0) is 26.2 Å². The van der Waals surface area contributed by atoms with Crippen LogP contribution in [0.3, 0.4) is 0 Å². The summed E-state index contributed by atoms with van der Waals surface area (Å²) in [5.74, 6) is 0.129. The van der Waals surface area contributed by atoms with Crippen LogP contribution in [0.1, 0.15) is 37.8 Å². The van der Waals surface area contributed by atoms with Gasteiger partial charge in [0.1, 0.15) is 25.8 Å². The SMILES string of the molecule is CCCNC(=O)[C@@H](CC)N(Cc1ccc(C)cc1)C(=O)CN(c1ccc2c(c1)OCCO2)S(=O)(=O)c1ccccc1. The van der Waals surface area contributed by atoms with E-state index in [-0.39, 0.29) is 23.0 Å². The van der Waals surface area contributed by atoms with Crippen LogP contribution < -0.4 is 19.1 Å². The zero-order valence-corrected chi connectivity index (χ0v) is 24.5. The van der Waals surface area contributed by atoms with Crippen molar-refractivity contribution in [2.45, 2.75) is 51.1 Å². The number of rotatable bonds is 12. The minimum absolute atomic E-state index is 0.0421. The Morgan fingerprint density at radius 1 is 0.927 bits per heavy atom. The van der Waals surface area contributed by atoms with Crippen molar-refractivity contribution in [2.24, 2.45) is 0 Å². The highest BCUT2D eigenvalue weighted by Crippen LogP contribution is 2.36. The van der Waals surface area contributed by atoms with Gasteiger partial charge in [-0.1, -0.05) is 61.9 Å². The molecule has 4 rings (SSSR count). The highest BCUT2D eigenvalue weighted by molar-refractivity contribution is 7.92. The molecular weight excluding hydrogens is 542 g/mol. The molecule has 3 aromatic rings. The molecular formula is C31H37N3O6S. The molecule has 0 aliphatic carbocycles. The fourth-order valence-electron chi connectivity index (χ4n) is 4.61. The lowest BCUT2D eigenvalue weighted by atomic mass is 10.1. The number of nitrogens with zero attached hydrogens (tertiary/aromatic N) is 2. The first-order valence-corrected chi connectivity index (χ1v) is 15.3. The topological polar surface area (TPSA) is 105 Å². The second kappa shape index (κ2) is 13.5. The third-order valence-electron chi connectivity index (χ3n) is 6.83. The van der Waals surface area contributed by atoms with Crippen LogP contribution in [-0.4, -0.2) is 57.5 Å². The number of carbonyl (C=O) groups excluding carboxylic acids is 2. The normalized spacial score (nSPS) is 13.2. The van der Waals surface area contributed by atoms with Crippen LogP contribution >= 0.6 is 0 Å². The summed E-state index contributed by atoms with van der Waals surface area (Å²) in [7, 11) is -4.17. The highest BCUT2D eigenvalue weighted by atomic mass is 32.2. The predicted molar refractivity (Wildman–Crippen MR) is 158 cm³/mol. The number of nitrogens with one attached hydrogen (secondary N) is 1. The standard InChI is InChI=1S/C31H37N3O6S/c1-4-17-32-31(36)27(5-2)33(21-24-13-11-23(3)12-14-24)30(35)22-34(41(37,38)26-9-7-6-8-10-26)25-15-16-28-29(20-25)40-19-18-39-28/h6-16,20,27H,4-5,17-19,21-22H2,1-3H3,(H,32,36)/t27-/m1/s1. The Balaban J connectivity index is 1.74. The van der Waals surface area contributed by atoms with E-state index in [1.54, 1.807) is 36.4 Å². The summed E-state index contributed by atoms with van der Waals surface area (Å²) in [5.41, 5.74) is 2.16. The summed E-state index contributed by atoms with van der Waals surface area (Å²) in [5, 5.41) is 2.89. The Labute approximate surface area is 242 Å². The number of ether oxygens (including phenoxy) is 2. The van der Waals surface area contributed by atoms with Crippen LogP contribution in [0.15, 0.2) is 77.7 Å². The summed E-state index contributed by atoms with van der Waals surface area (Å²) < 4.78 is 40.3. The van der Waals surface area contributed by atoms with Gasteiger partial charge in [-0.25, -0.2) is 8.42 Å². The lowest BCUT2D eigenvalue weighted by Crippen LogP contribution is -2.52. The van der Waals surface area contributed by atoms with Crippen LogP contribution in [0, 0.1) is 6.92 Å². The summed E-state index contributed by atoms with van der Waals surface area (Å²) in [4.78, 5) is 28.8. The van der Waals surface area contributed by atoms with Crippen molar-refractivity contribution in [1.29, 1.82) is 0 Å². The maximum Gasteiger partial charge on any atom is 0.264 e. The van der Waals surface area contributed by atoms with Gasteiger partial charge in [-0.2, -0.15) is 0 Å². The molecule has 0 bridgehead atoms. The molecule has 1 aliphatic rings. The molecule has 2 amide bonds. The third kappa shape index (κ3) is 7.18. The van der Waals surface area contributed by atoms with E-state index in [9.17, 15) is 18.0 Å². The molecule has 1 atom stereocenters. The number of sulfonamides is 1. The average Bonchev–Trinajstić information content (AvgIpc) is 2.99. The molecule has 0 radical (unpaired) electrons. The minimum atomic E-state index is -4.17. The third-order valence-corrected chi connectivity index (χ3v) is 8.62. The number of benzene rings is 3. The van der Waals surface area contributed by atoms with Gasteiger partial charge >= 0.3 is 0 Å². The largest absolute Gasteiger partial charge is 0.486 e.